The van der Waals surface area contributed by atoms with E-state index in [0.29, 0.717) is 6.42 Å². The van der Waals surface area contributed by atoms with Gasteiger partial charge in [-0.15, -0.1) is 0 Å². The standard InChI is InChI=1S/C7H10INO3/c1-7(3-5(9)10)2-4(8)12-6(7)11/h4H,2-3H2,1H3,(H2,9,10)/t4-,7+/m0/s1. The molecule has 0 spiro atoms. The number of amides is 1. The van der Waals surface area contributed by atoms with Crippen molar-refractivity contribution in [3.05, 3.63) is 0 Å². The molecule has 2 N–H and O–H groups in total. The molecule has 0 unspecified atom stereocenters. The van der Waals surface area contributed by atoms with Crippen molar-refractivity contribution in [2.45, 2.75) is 23.9 Å². The Balaban J connectivity index is 2.71. The lowest BCUT2D eigenvalue weighted by atomic mass is 9.85. The number of esters is 1. The average molecular weight is 283 g/mol. The Labute approximate surface area is 84.0 Å². The Hall–Kier alpha value is -0.330. The van der Waals surface area contributed by atoms with Crippen LogP contribution in [0.1, 0.15) is 19.8 Å². The van der Waals surface area contributed by atoms with E-state index >= 15 is 0 Å². The van der Waals surface area contributed by atoms with E-state index in [1.807, 2.05) is 22.6 Å². The van der Waals surface area contributed by atoms with Gasteiger partial charge in [-0.05, 0) is 29.5 Å². The number of halogens is 1. The Morgan fingerprint density at radius 3 is 2.83 bits per heavy atom. The summed E-state index contributed by atoms with van der Waals surface area (Å²) in [5, 5.41) is 0. The Morgan fingerprint density at radius 2 is 2.50 bits per heavy atom. The van der Waals surface area contributed by atoms with Crippen LogP contribution in [0.25, 0.3) is 0 Å². The van der Waals surface area contributed by atoms with Gasteiger partial charge in [0.1, 0.15) is 0 Å². The summed E-state index contributed by atoms with van der Waals surface area (Å²) in [5.74, 6) is -0.777. The van der Waals surface area contributed by atoms with E-state index < -0.39 is 11.3 Å². The molecule has 0 aromatic rings. The third-order valence-electron chi connectivity index (χ3n) is 1.90. The van der Waals surface area contributed by atoms with Crippen molar-refractivity contribution in [3.8, 4) is 0 Å². The van der Waals surface area contributed by atoms with Gasteiger partial charge in [-0.25, -0.2) is 0 Å². The van der Waals surface area contributed by atoms with Gasteiger partial charge in [0.2, 0.25) is 5.91 Å². The summed E-state index contributed by atoms with van der Waals surface area (Å²) in [6, 6.07) is 0. The molecule has 0 saturated carbocycles. The van der Waals surface area contributed by atoms with Crippen LogP contribution in [0.15, 0.2) is 0 Å². The third kappa shape index (κ3) is 1.88. The summed E-state index contributed by atoms with van der Waals surface area (Å²) >= 11 is 2.02. The minimum absolute atomic E-state index is 0.0747. The minimum atomic E-state index is -0.697. The fourth-order valence-corrected chi connectivity index (χ4v) is 2.47. The number of primary amides is 1. The number of hydrogen-bond acceptors (Lipinski definition) is 3. The maximum absolute atomic E-state index is 11.2. The quantitative estimate of drug-likeness (QED) is 0.458. The first kappa shape index (κ1) is 9.76. The van der Waals surface area contributed by atoms with Gasteiger partial charge in [-0.3, -0.25) is 9.59 Å². The summed E-state index contributed by atoms with van der Waals surface area (Å²) in [5.41, 5.74) is 4.32. The van der Waals surface area contributed by atoms with Crippen LogP contribution in [0.5, 0.6) is 0 Å². The number of hydrogen-bond donors (Lipinski definition) is 1. The number of rotatable bonds is 2. The normalized spacial score (nSPS) is 34.8. The first-order chi connectivity index (χ1) is 5.44. The Kier molecular flexibility index (Phi) is 2.60. The molecule has 0 aromatic carbocycles. The zero-order chi connectivity index (χ0) is 9.35. The number of alkyl halides is 1. The largest absolute Gasteiger partial charge is 0.451 e. The van der Waals surface area contributed by atoms with Gasteiger partial charge in [0, 0.05) is 12.8 Å². The molecule has 0 radical (unpaired) electrons. The van der Waals surface area contributed by atoms with Crippen molar-refractivity contribution in [2.75, 3.05) is 0 Å². The molecule has 0 bridgehead atoms. The summed E-state index contributed by atoms with van der Waals surface area (Å²) in [6.07, 6.45) is 0.640. The number of carbonyl (C=O) groups is 2. The zero-order valence-corrected chi connectivity index (χ0v) is 8.83. The number of carbonyl (C=O) groups excluding carboxylic acids is 2. The van der Waals surface area contributed by atoms with Crippen LogP contribution in [0.2, 0.25) is 0 Å². The lowest BCUT2D eigenvalue weighted by molar-refractivity contribution is -0.147. The maximum Gasteiger partial charge on any atom is 0.313 e. The average Bonchev–Trinajstić information content (AvgIpc) is 2.04. The minimum Gasteiger partial charge on any atom is -0.451 e. The SMILES string of the molecule is C[C@]1(CC(N)=O)C[C@@H](I)OC1=O. The van der Waals surface area contributed by atoms with Gasteiger partial charge in [-0.2, -0.15) is 0 Å². The first-order valence-electron chi connectivity index (χ1n) is 3.57. The molecule has 68 valence electrons. The van der Waals surface area contributed by atoms with Crippen molar-refractivity contribution in [1.29, 1.82) is 0 Å². The monoisotopic (exact) mass is 283 g/mol. The van der Waals surface area contributed by atoms with Gasteiger partial charge >= 0.3 is 5.97 Å². The number of nitrogens with two attached hydrogens (primary N) is 1. The fourth-order valence-electron chi connectivity index (χ4n) is 1.27. The van der Waals surface area contributed by atoms with Gasteiger partial charge < -0.3 is 10.5 Å². The van der Waals surface area contributed by atoms with Crippen molar-refractivity contribution in [2.24, 2.45) is 11.1 Å². The van der Waals surface area contributed by atoms with E-state index in [1.165, 1.54) is 0 Å². The molecular formula is C7H10INO3. The highest BCUT2D eigenvalue weighted by Gasteiger charge is 2.45. The Morgan fingerprint density at radius 1 is 1.92 bits per heavy atom. The highest BCUT2D eigenvalue weighted by atomic mass is 127. The van der Waals surface area contributed by atoms with Crippen molar-refractivity contribution < 1.29 is 14.3 Å². The number of cyclic esters (lactones) is 1. The highest BCUT2D eigenvalue weighted by Crippen LogP contribution is 2.38. The molecule has 12 heavy (non-hydrogen) atoms. The van der Waals surface area contributed by atoms with Crippen LogP contribution in [0.3, 0.4) is 0 Å². The molecule has 0 aliphatic carbocycles. The van der Waals surface area contributed by atoms with Crippen LogP contribution >= 0.6 is 22.6 Å². The summed E-state index contributed by atoms with van der Waals surface area (Å²) in [4.78, 5) is 21.8. The molecule has 1 heterocycles. The molecule has 1 aliphatic rings. The molecule has 1 aliphatic heterocycles. The van der Waals surface area contributed by atoms with E-state index in [-0.39, 0.29) is 16.5 Å². The van der Waals surface area contributed by atoms with Gasteiger partial charge in [-0.1, -0.05) is 0 Å². The lowest BCUT2D eigenvalue weighted by Gasteiger charge is -2.15. The maximum atomic E-state index is 11.2. The topological polar surface area (TPSA) is 69.4 Å². The molecule has 0 aromatic heterocycles. The summed E-state index contributed by atoms with van der Waals surface area (Å²) < 4.78 is 4.79. The van der Waals surface area contributed by atoms with Crippen molar-refractivity contribution >= 4 is 34.5 Å². The van der Waals surface area contributed by atoms with E-state index in [2.05, 4.69) is 0 Å². The van der Waals surface area contributed by atoms with E-state index in [1.54, 1.807) is 6.92 Å². The lowest BCUT2D eigenvalue weighted by Crippen LogP contribution is -2.29. The molecule has 2 atom stereocenters. The zero-order valence-electron chi connectivity index (χ0n) is 6.67. The second-order valence-corrected chi connectivity index (χ2v) is 4.61. The molecule has 1 saturated heterocycles. The summed E-state index contributed by atoms with van der Waals surface area (Å²) in [7, 11) is 0. The third-order valence-corrected chi connectivity index (χ3v) is 2.60. The highest BCUT2D eigenvalue weighted by molar-refractivity contribution is 14.1. The predicted molar refractivity (Wildman–Crippen MR) is 50.4 cm³/mol. The fraction of sp³-hybridized carbons (Fsp3) is 0.714. The molecule has 5 heteroatoms. The molecule has 4 nitrogen and oxygen atoms in total. The van der Waals surface area contributed by atoms with Crippen LogP contribution in [-0.4, -0.2) is 16.0 Å². The van der Waals surface area contributed by atoms with Crippen molar-refractivity contribution in [3.63, 3.8) is 0 Å². The van der Waals surface area contributed by atoms with Crippen LogP contribution in [-0.2, 0) is 14.3 Å². The first-order valence-corrected chi connectivity index (χ1v) is 4.82. The van der Waals surface area contributed by atoms with Crippen molar-refractivity contribution in [1.82, 2.24) is 0 Å². The van der Waals surface area contributed by atoms with E-state index in [9.17, 15) is 9.59 Å². The van der Waals surface area contributed by atoms with Gasteiger partial charge in [0.25, 0.3) is 0 Å². The summed E-state index contributed by atoms with van der Waals surface area (Å²) in [6.45, 7) is 1.71. The Bertz CT molecular complexity index is 231. The van der Waals surface area contributed by atoms with Crippen LogP contribution in [0, 0.1) is 5.41 Å². The van der Waals surface area contributed by atoms with Gasteiger partial charge in [0.15, 0.2) is 4.11 Å². The van der Waals surface area contributed by atoms with Crippen LogP contribution in [0.4, 0.5) is 0 Å². The van der Waals surface area contributed by atoms with Gasteiger partial charge in [0.05, 0.1) is 5.41 Å². The molecule has 1 amide bonds. The van der Waals surface area contributed by atoms with E-state index in [4.69, 9.17) is 10.5 Å². The van der Waals surface area contributed by atoms with E-state index in [0.717, 1.165) is 0 Å². The molecular weight excluding hydrogens is 273 g/mol. The molecule has 1 fully saturated rings. The smallest absolute Gasteiger partial charge is 0.313 e. The second kappa shape index (κ2) is 3.20. The second-order valence-electron chi connectivity index (χ2n) is 3.22. The predicted octanol–water partition coefficient (Wildman–Crippen LogP) is 0.576. The number of ether oxygens (including phenoxy) is 1. The molecule has 1 rings (SSSR count). The van der Waals surface area contributed by atoms with Crippen LogP contribution < -0.4 is 5.73 Å².